The van der Waals surface area contributed by atoms with Crippen LogP contribution in [-0.4, -0.2) is 25.7 Å². The Morgan fingerprint density at radius 3 is 2.40 bits per heavy atom. The maximum atomic E-state index is 12.0. The first-order valence-electron chi connectivity index (χ1n) is 5.53. The highest BCUT2D eigenvalue weighted by atomic mass is 32.2. The third-order valence-electron chi connectivity index (χ3n) is 2.01. The lowest BCUT2D eigenvalue weighted by molar-refractivity contribution is -0.114. The number of hydrogen-bond donors (Lipinski definition) is 3. The Hall–Kier alpha value is -2.00. The molecule has 0 aromatic heterocycles. The predicted octanol–water partition coefficient (Wildman–Crippen LogP) is 0.804. The van der Waals surface area contributed by atoms with Gasteiger partial charge < -0.3 is 5.32 Å². The zero-order chi connectivity index (χ0) is 15.2. The molecule has 0 atom stereocenters. The van der Waals surface area contributed by atoms with E-state index in [-0.39, 0.29) is 15.9 Å². The maximum Gasteiger partial charge on any atom is 0.263 e. The molecule has 1 rings (SSSR count). The van der Waals surface area contributed by atoms with Gasteiger partial charge in [-0.3, -0.25) is 14.9 Å². The second-order valence-corrected chi connectivity index (χ2v) is 5.73. The van der Waals surface area contributed by atoms with E-state index in [1.807, 2.05) is 0 Å². The van der Waals surface area contributed by atoms with Gasteiger partial charge in [-0.05, 0) is 43.4 Å². The van der Waals surface area contributed by atoms with Crippen molar-refractivity contribution in [2.75, 3.05) is 5.32 Å². The quantitative estimate of drug-likeness (QED) is 0.434. The first-order chi connectivity index (χ1) is 9.35. The Kier molecular flexibility index (Phi) is 5.59. The lowest BCUT2D eigenvalue weighted by Crippen LogP contribution is -2.36. The monoisotopic (exact) mass is 314 g/mol. The number of nitrogens with zero attached hydrogens (tertiary/aromatic N) is 1. The molecule has 0 bridgehead atoms. The van der Waals surface area contributed by atoms with Gasteiger partial charge in [0.2, 0.25) is 11.0 Å². The van der Waals surface area contributed by atoms with Crippen molar-refractivity contribution in [3.63, 3.8) is 0 Å². The Balaban J connectivity index is 2.82. The van der Waals surface area contributed by atoms with Crippen molar-refractivity contribution in [2.24, 2.45) is 5.10 Å². The molecule has 1 amide bonds. The fraction of sp³-hybridized carbons (Fsp3) is 0.182. The van der Waals surface area contributed by atoms with Crippen LogP contribution in [0.2, 0.25) is 0 Å². The zero-order valence-electron chi connectivity index (χ0n) is 10.9. The van der Waals surface area contributed by atoms with Gasteiger partial charge in [0.1, 0.15) is 0 Å². The molecule has 0 spiro atoms. The Morgan fingerprint density at radius 2 is 1.90 bits per heavy atom. The number of amides is 1. The number of benzene rings is 1. The second-order valence-electron chi connectivity index (χ2n) is 3.64. The van der Waals surface area contributed by atoms with Gasteiger partial charge in [0.05, 0.1) is 4.90 Å². The fourth-order valence-corrected chi connectivity index (χ4v) is 2.53. The molecule has 0 saturated carbocycles. The number of carbonyl (C=O) groups excluding carboxylic acids is 1. The molecule has 108 valence electrons. The lowest BCUT2D eigenvalue weighted by atomic mass is 10.3. The van der Waals surface area contributed by atoms with Crippen molar-refractivity contribution in [3.8, 4) is 0 Å². The van der Waals surface area contributed by atoms with E-state index in [4.69, 9.17) is 12.2 Å². The Labute approximate surface area is 122 Å². The molecule has 1 aromatic carbocycles. The van der Waals surface area contributed by atoms with Crippen molar-refractivity contribution < 1.29 is 13.2 Å². The van der Waals surface area contributed by atoms with Crippen LogP contribution in [0.1, 0.15) is 13.8 Å². The van der Waals surface area contributed by atoms with Gasteiger partial charge in [0.25, 0.3) is 10.0 Å². The smallest absolute Gasteiger partial charge is 0.263 e. The van der Waals surface area contributed by atoms with E-state index in [2.05, 4.69) is 20.6 Å². The van der Waals surface area contributed by atoms with Crippen LogP contribution in [0.5, 0.6) is 0 Å². The van der Waals surface area contributed by atoms with Gasteiger partial charge in [-0.25, -0.2) is 8.42 Å². The number of anilines is 1. The summed E-state index contributed by atoms with van der Waals surface area (Å²) in [5, 5.41) is 6.02. The van der Waals surface area contributed by atoms with Crippen molar-refractivity contribution in [3.05, 3.63) is 24.3 Å². The highest BCUT2D eigenvalue weighted by Crippen LogP contribution is 2.13. The van der Waals surface area contributed by atoms with Crippen LogP contribution in [0.4, 0.5) is 5.69 Å². The molecule has 0 unspecified atom stereocenters. The molecule has 0 aliphatic heterocycles. The van der Waals surface area contributed by atoms with E-state index in [0.29, 0.717) is 5.69 Å². The third-order valence-corrected chi connectivity index (χ3v) is 3.70. The van der Waals surface area contributed by atoms with Crippen LogP contribution in [0.3, 0.4) is 0 Å². The molecule has 20 heavy (non-hydrogen) atoms. The standard InChI is InChI=1S/C11H14N4O3S2/c1-3-12-14-11(19)15-20(17,18)10-6-4-9(5-7-10)13-8(2)16/h3-7H,1-2H3,(H,13,16)(H2,14,15,19)/b12-3+. The van der Waals surface area contributed by atoms with Gasteiger partial charge in [-0.2, -0.15) is 5.10 Å². The molecule has 0 aliphatic rings. The van der Waals surface area contributed by atoms with Crippen LogP contribution in [0, 0.1) is 0 Å². The largest absolute Gasteiger partial charge is 0.326 e. The molecule has 7 nitrogen and oxygen atoms in total. The van der Waals surface area contributed by atoms with Gasteiger partial charge in [-0.15, -0.1) is 0 Å². The molecule has 3 N–H and O–H groups in total. The van der Waals surface area contributed by atoms with E-state index in [0.717, 1.165) is 0 Å². The summed E-state index contributed by atoms with van der Waals surface area (Å²) in [6.07, 6.45) is 1.43. The van der Waals surface area contributed by atoms with Gasteiger partial charge in [-0.1, -0.05) is 0 Å². The van der Waals surface area contributed by atoms with Crippen LogP contribution in [0.25, 0.3) is 0 Å². The van der Waals surface area contributed by atoms with Gasteiger partial charge >= 0.3 is 0 Å². The minimum absolute atomic E-state index is 0.0243. The topological polar surface area (TPSA) is 99.7 Å². The summed E-state index contributed by atoms with van der Waals surface area (Å²) in [6.45, 7) is 3.02. The molecule has 0 heterocycles. The molecule has 0 radical (unpaired) electrons. The fourth-order valence-electron chi connectivity index (χ4n) is 1.25. The number of nitrogens with one attached hydrogen (secondary N) is 3. The first-order valence-corrected chi connectivity index (χ1v) is 7.42. The maximum absolute atomic E-state index is 12.0. The van der Waals surface area contributed by atoms with E-state index >= 15 is 0 Å². The molecule has 0 aliphatic carbocycles. The van der Waals surface area contributed by atoms with E-state index in [1.165, 1.54) is 37.4 Å². The van der Waals surface area contributed by atoms with E-state index < -0.39 is 10.0 Å². The Bertz CT molecular complexity index is 624. The Morgan fingerprint density at radius 1 is 1.30 bits per heavy atom. The lowest BCUT2D eigenvalue weighted by Gasteiger charge is -2.09. The van der Waals surface area contributed by atoms with Crippen molar-refractivity contribution in [1.82, 2.24) is 10.1 Å². The number of rotatable bonds is 4. The van der Waals surface area contributed by atoms with Crippen molar-refractivity contribution in [2.45, 2.75) is 18.7 Å². The number of thiocarbonyl (C=S) groups is 1. The summed E-state index contributed by atoms with van der Waals surface area (Å²) in [5.74, 6) is -0.235. The first kappa shape index (κ1) is 16.1. The molecule has 0 saturated heterocycles. The second kappa shape index (κ2) is 6.96. The molecule has 0 fully saturated rings. The SMILES string of the molecule is C/C=N/NC(=S)NS(=O)(=O)c1ccc(NC(C)=O)cc1. The number of carbonyl (C=O) groups is 1. The van der Waals surface area contributed by atoms with E-state index in [1.54, 1.807) is 6.92 Å². The summed E-state index contributed by atoms with van der Waals surface area (Å²) in [6, 6.07) is 5.69. The molecule has 9 heteroatoms. The number of sulfonamides is 1. The molecular formula is C11H14N4O3S2. The number of hydrogen-bond acceptors (Lipinski definition) is 5. The van der Waals surface area contributed by atoms with Gasteiger partial charge in [0, 0.05) is 18.8 Å². The summed E-state index contributed by atoms with van der Waals surface area (Å²) in [4.78, 5) is 10.9. The third kappa shape index (κ3) is 4.94. The highest BCUT2D eigenvalue weighted by molar-refractivity contribution is 7.91. The average Bonchev–Trinajstić information content (AvgIpc) is 2.35. The minimum Gasteiger partial charge on any atom is -0.326 e. The molecular weight excluding hydrogens is 300 g/mol. The van der Waals surface area contributed by atoms with Crippen molar-refractivity contribution >= 4 is 45.2 Å². The summed E-state index contributed by atoms with van der Waals surface area (Å²) in [5.41, 5.74) is 2.86. The molecule has 1 aromatic rings. The summed E-state index contributed by atoms with van der Waals surface area (Å²) in [7, 11) is -3.78. The van der Waals surface area contributed by atoms with Crippen LogP contribution in [0.15, 0.2) is 34.3 Å². The summed E-state index contributed by atoms with van der Waals surface area (Å²) >= 11 is 4.78. The normalized spacial score (nSPS) is 11.1. The summed E-state index contributed by atoms with van der Waals surface area (Å²) < 4.78 is 26.1. The van der Waals surface area contributed by atoms with Crippen LogP contribution >= 0.6 is 12.2 Å². The minimum atomic E-state index is -3.78. The average molecular weight is 314 g/mol. The van der Waals surface area contributed by atoms with Gasteiger partial charge in [0.15, 0.2) is 0 Å². The van der Waals surface area contributed by atoms with Crippen LogP contribution < -0.4 is 15.5 Å². The predicted molar refractivity (Wildman–Crippen MR) is 81.0 cm³/mol. The van der Waals surface area contributed by atoms with Crippen LogP contribution in [-0.2, 0) is 14.8 Å². The van der Waals surface area contributed by atoms with Crippen molar-refractivity contribution in [1.29, 1.82) is 0 Å². The number of hydrazone groups is 1. The zero-order valence-corrected chi connectivity index (χ0v) is 12.5. The highest BCUT2D eigenvalue weighted by Gasteiger charge is 2.15. The van der Waals surface area contributed by atoms with E-state index in [9.17, 15) is 13.2 Å².